The Bertz CT molecular complexity index is 844. The van der Waals surface area contributed by atoms with Crippen LogP contribution in [0.2, 0.25) is 0 Å². The topological polar surface area (TPSA) is 40.6 Å². The van der Waals surface area contributed by atoms with Gasteiger partial charge in [-0.15, -0.1) is 0 Å². The van der Waals surface area contributed by atoms with Crippen molar-refractivity contribution in [2.24, 2.45) is 0 Å². The van der Waals surface area contributed by atoms with E-state index in [1.54, 1.807) is 24.3 Å². The zero-order valence-corrected chi connectivity index (χ0v) is 15.9. The molecule has 0 aliphatic carbocycles. The van der Waals surface area contributed by atoms with Gasteiger partial charge in [0.1, 0.15) is 0 Å². The van der Waals surface area contributed by atoms with E-state index >= 15 is 0 Å². The number of piperidine rings is 1. The maximum absolute atomic E-state index is 12.9. The summed E-state index contributed by atoms with van der Waals surface area (Å²) in [5.74, 6) is 0.0930. The van der Waals surface area contributed by atoms with Gasteiger partial charge >= 0.3 is 0 Å². The molecule has 0 aromatic heterocycles. The van der Waals surface area contributed by atoms with Gasteiger partial charge in [0.15, 0.2) is 0 Å². The van der Waals surface area contributed by atoms with Gasteiger partial charge in [0.05, 0.1) is 0 Å². The maximum Gasteiger partial charge on any atom is 0.258 e. The zero-order chi connectivity index (χ0) is 18.8. The van der Waals surface area contributed by atoms with Crippen molar-refractivity contribution < 1.29 is 9.59 Å². The molecule has 1 atom stereocenters. The average Bonchev–Trinajstić information content (AvgIpc) is 3.17. The predicted octanol–water partition coefficient (Wildman–Crippen LogP) is 4.29. The molecule has 1 saturated heterocycles. The fraction of sp³-hybridized carbons (Fsp3) is 0.391. The zero-order valence-electron chi connectivity index (χ0n) is 15.9. The maximum atomic E-state index is 12.9. The summed E-state index contributed by atoms with van der Waals surface area (Å²) in [5.41, 5.74) is 3.53. The van der Waals surface area contributed by atoms with Crippen LogP contribution in [0.4, 0.5) is 5.69 Å². The van der Waals surface area contributed by atoms with E-state index in [1.807, 2.05) is 28.0 Å². The lowest BCUT2D eigenvalue weighted by atomic mass is 9.98. The van der Waals surface area contributed by atoms with Crippen LogP contribution in [-0.4, -0.2) is 35.8 Å². The minimum Gasteiger partial charge on any atom is -0.336 e. The van der Waals surface area contributed by atoms with Crippen molar-refractivity contribution >= 4 is 17.5 Å². The lowest BCUT2D eigenvalue weighted by molar-refractivity contribution is 0.0607. The second-order valence-electron chi connectivity index (χ2n) is 7.47. The molecule has 0 spiro atoms. The number of hydrogen-bond acceptors (Lipinski definition) is 2. The van der Waals surface area contributed by atoms with E-state index in [9.17, 15) is 9.59 Å². The van der Waals surface area contributed by atoms with Gasteiger partial charge < -0.3 is 9.80 Å². The van der Waals surface area contributed by atoms with E-state index in [4.69, 9.17) is 0 Å². The molecule has 4 nitrogen and oxygen atoms in total. The van der Waals surface area contributed by atoms with Crippen LogP contribution in [0.5, 0.6) is 0 Å². The summed E-state index contributed by atoms with van der Waals surface area (Å²) < 4.78 is 0. The van der Waals surface area contributed by atoms with Crippen molar-refractivity contribution in [3.63, 3.8) is 0 Å². The van der Waals surface area contributed by atoms with E-state index < -0.39 is 0 Å². The summed E-state index contributed by atoms with van der Waals surface area (Å²) in [5, 5.41) is 0. The van der Waals surface area contributed by atoms with Crippen molar-refractivity contribution in [2.75, 3.05) is 18.0 Å². The Morgan fingerprint density at radius 2 is 1.63 bits per heavy atom. The number of benzene rings is 2. The first-order valence-electron chi connectivity index (χ1n) is 10.00. The highest BCUT2D eigenvalue weighted by Gasteiger charge is 2.27. The molecule has 2 amide bonds. The second kappa shape index (κ2) is 7.55. The van der Waals surface area contributed by atoms with Gasteiger partial charge in [-0.3, -0.25) is 9.59 Å². The Kier molecular flexibility index (Phi) is 4.97. The van der Waals surface area contributed by atoms with E-state index in [2.05, 4.69) is 13.0 Å². The highest BCUT2D eigenvalue weighted by atomic mass is 16.2. The van der Waals surface area contributed by atoms with E-state index in [0.29, 0.717) is 23.7 Å². The molecule has 1 unspecified atom stereocenters. The van der Waals surface area contributed by atoms with Crippen molar-refractivity contribution in [1.82, 2.24) is 4.90 Å². The number of nitrogens with zero attached hydrogens (tertiary/aromatic N) is 2. The highest BCUT2D eigenvalue weighted by Crippen LogP contribution is 2.29. The van der Waals surface area contributed by atoms with Gasteiger partial charge in [0.2, 0.25) is 0 Å². The number of carbonyl (C=O) groups is 2. The molecule has 0 radical (unpaired) electrons. The first kappa shape index (κ1) is 17.8. The molecule has 2 heterocycles. The van der Waals surface area contributed by atoms with Crippen LogP contribution in [0.25, 0.3) is 0 Å². The van der Waals surface area contributed by atoms with Crippen LogP contribution in [0.15, 0.2) is 48.5 Å². The molecule has 2 aromatic rings. The fourth-order valence-electron chi connectivity index (χ4n) is 4.32. The van der Waals surface area contributed by atoms with Gasteiger partial charge in [-0.05, 0) is 68.0 Å². The number of anilines is 1. The van der Waals surface area contributed by atoms with Crippen LogP contribution in [0.3, 0.4) is 0 Å². The quantitative estimate of drug-likeness (QED) is 0.817. The lowest BCUT2D eigenvalue weighted by Gasteiger charge is -2.35. The Morgan fingerprint density at radius 1 is 0.926 bits per heavy atom. The van der Waals surface area contributed by atoms with Crippen LogP contribution in [0, 0.1) is 0 Å². The number of para-hydroxylation sites is 1. The Balaban J connectivity index is 1.51. The van der Waals surface area contributed by atoms with Crippen LogP contribution < -0.4 is 4.90 Å². The molecular formula is C23H26N2O2. The summed E-state index contributed by atoms with van der Waals surface area (Å²) in [6.45, 7) is 3.69. The molecule has 4 rings (SSSR count). The van der Waals surface area contributed by atoms with Crippen molar-refractivity contribution in [2.45, 2.75) is 45.1 Å². The Labute approximate surface area is 160 Å². The molecule has 0 bridgehead atoms. The Morgan fingerprint density at radius 3 is 2.37 bits per heavy atom. The van der Waals surface area contributed by atoms with Crippen LogP contribution in [-0.2, 0) is 6.42 Å². The number of fused-ring (bicyclic) bond motifs is 1. The summed E-state index contributed by atoms with van der Waals surface area (Å²) in [4.78, 5) is 29.7. The van der Waals surface area contributed by atoms with Crippen LogP contribution in [0.1, 0.15) is 58.9 Å². The van der Waals surface area contributed by atoms with E-state index in [1.165, 1.54) is 12.0 Å². The standard InChI is InChI=1S/C23H26N2O2/c1-2-20-8-5-6-15-24(20)22(26)18-10-12-19(13-11-18)23(27)25-16-14-17-7-3-4-9-21(17)25/h3-4,7,9-13,20H,2,5-6,8,14-16H2,1H3. The molecule has 1 fully saturated rings. The SMILES string of the molecule is CCC1CCCCN1C(=O)c1ccc(C(=O)N2CCc3ccccc32)cc1. The van der Waals surface area contributed by atoms with Crippen molar-refractivity contribution in [1.29, 1.82) is 0 Å². The third-order valence-electron chi connectivity index (χ3n) is 5.87. The van der Waals surface area contributed by atoms with Gasteiger partial charge in [0.25, 0.3) is 11.8 Å². The molecule has 27 heavy (non-hydrogen) atoms. The first-order valence-corrected chi connectivity index (χ1v) is 10.00. The minimum absolute atomic E-state index is 0.00311. The third-order valence-corrected chi connectivity index (χ3v) is 5.87. The smallest absolute Gasteiger partial charge is 0.258 e. The number of amides is 2. The summed E-state index contributed by atoms with van der Waals surface area (Å²) in [6.07, 6.45) is 5.26. The average molecular weight is 362 g/mol. The fourth-order valence-corrected chi connectivity index (χ4v) is 4.32. The molecule has 4 heteroatoms. The van der Waals surface area contributed by atoms with Crippen molar-refractivity contribution in [3.8, 4) is 0 Å². The number of hydrogen-bond donors (Lipinski definition) is 0. The summed E-state index contributed by atoms with van der Waals surface area (Å²) in [6, 6.07) is 15.6. The number of rotatable bonds is 3. The largest absolute Gasteiger partial charge is 0.336 e. The molecule has 2 aliphatic rings. The minimum atomic E-state index is 0.00311. The van der Waals surface area contributed by atoms with Gasteiger partial charge in [-0.1, -0.05) is 25.1 Å². The first-order chi connectivity index (χ1) is 13.2. The molecule has 0 N–H and O–H groups in total. The molecule has 2 aliphatic heterocycles. The predicted molar refractivity (Wildman–Crippen MR) is 107 cm³/mol. The number of carbonyl (C=O) groups excluding carboxylic acids is 2. The van der Waals surface area contributed by atoms with Crippen LogP contribution >= 0.6 is 0 Å². The normalized spacial score (nSPS) is 19.1. The molecule has 0 saturated carbocycles. The molecule has 140 valence electrons. The van der Waals surface area contributed by atoms with Gasteiger partial charge in [-0.25, -0.2) is 0 Å². The van der Waals surface area contributed by atoms with Crippen molar-refractivity contribution in [3.05, 3.63) is 65.2 Å². The lowest BCUT2D eigenvalue weighted by Crippen LogP contribution is -2.43. The summed E-state index contributed by atoms with van der Waals surface area (Å²) >= 11 is 0. The number of likely N-dealkylation sites (tertiary alicyclic amines) is 1. The highest BCUT2D eigenvalue weighted by molar-refractivity contribution is 6.07. The molecule has 2 aromatic carbocycles. The van der Waals surface area contributed by atoms with E-state index in [0.717, 1.165) is 37.9 Å². The third kappa shape index (κ3) is 3.36. The summed E-state index contributed by atoms with van der Waals surface area (Å²) in [7, 11) is 0. The Hall–Kier alpha value is -2.62. The van der Waals surface area contributed by atoms with Gasteiger partial charge in [0, 0.05) is 35.9 Å². The van der Waals surface area contributed by atoms with E-state index in [-0.39, 0.29) is 11.8 Å². The second-order valence-corrected chi connectivity index (χ2v) is 7.47. The monoisotopic (exact) mass is 362 g/mol. The van der Waals surface area contributed by atoms with Gasteiger partial charge in [-0.2, -0.15) is 0 Å². The molecular weight excluding hydrogens is 336 g/mol.